The summed E-state index contributed by atoms with van der Waals surface area (Å²) in [6, 6.07) is 25.5. The summed E-state index contributed by atoms with van der Waals surface area (Å²) in [5.74, 6) is 0.283. The number of aromatic hydroxyl groups is 1. The van der Waals surface area contributed by atoms with Crippen molar-refractivity contribution in [3.8, 4) is 5.75 Å². The first kappa shape index (κ1) is 22.8. The molecule has 0 saturated heterocycles. The summed E-state index contributed by atoms with van der Waals surface area (Å²) in [5, 5.41) is 9.96. The van der Waals surface area contributed by atoms with Crippen molar-refractivity contribution in [2.24, 2.45) is 0 Å². The predicted octanol–water partition coefficient (Wildman–Crippen LogP) is 6.52. The van der Waals surface area contributed by atoms with Crippen LogP contribution < -0.4 is 0 Å². The first-order valence-corrected chi connectivity index (χ1v) is 11.2. The van der Waals surface area contributed by atoms with Crippen molar-refractivity contribution >= 4 is 17.9 Å². The summed E-state index contributed by atoms with van der Waals surface area (Å²) in [7, 11) is 0. The third-order valence-electron chi connectivity index (χ3n) is 4.55. The van der Waals surface area contributed by atoms with Gasteiger partial charge in [-0.05, 0) is 62.6 Å². The highest BCUT2D eigenvalue weighted by Crippen LogP contribution is 2.34. The number of hydrogen-bond donors (Lipinski definition) is 1. The molecule has 31 heavy (non-hydrogen) atoms. The summed E-state index contributed by atoms with van der Waals surface area (Å²) in [5.41, 5.74) is 1.68. The van der Waals surface area contributed by atoms with Gasteiger partial charge in [-0.3, -0.25) is 0 Å². The van der Waals surface area contributed by atoms with Crippen molar-refractivity contribution < 1.29 is 14.6 Å². The highest BCUT2D eigenvalue weighted by Gasteiger charge is 2.22. The van der Waals surface area contributed by atoms with Crippen molar-refractivity contribution in [1.29, 1.82) is 0 Å². The van der Waals surface area contributed by atoms with Crippen molar-refractivity contribution in [2.75, 3.05) is 6.54 Å². The summed E-state index contributed by atoms with van der Waals surface area (Å²) < 4.78 is 5.62. The van der Waals surface area contributed by atoms with E-state index in [4.69, 9.17) is 4.74 Å². The number of benzene rings is 3. The fraction of sp³-hybridized carbons (Fsp3) is 0.269. The van der Waals surface area contributed by atoms with E-state index in [1.807, 2.05) is 81.4 Å². The summed E-state index contributed by atoms with van der Waals surface area (Å²) in [6.07, 6.45) is 0.427. The average molecular weight is 436 g/mol. The van der Waals surface area contributed by atoms with E-state index in [0.717, 1.165) is 27.3 Å². The molecule has 3 aromatic carbocycles. The van der Waals surface area contributed by atoms with Crippen LogP contribution in [-0.4, -0.2) is 28.2 Å². The Balaban J connectivity index is 1.64. The maximum atomic E-state index is 12.8. The van der Waals surface area contributed by atoms with Gasteiger partial charge in [-0.25, -0.2) is 4.79 Å². The molecule has 5 heteroatoms. The molecular weight excluding hydrogens is 406 g/mol. The van der Waals surface area contributed by atoms with Gasteiger partial charge in [0.15, 0.2) is 0 Å². The Kier molecular flexibility index (Phi) is 7.64. The van der Waals surface area contributed by atoms with Crippen LogP contribution in [0.15, 0.2) is 88.7 Å². The predicted molar refractivity (Wildman–Crippen MR) is 125 cm³/mol. The molecule has 0 heterocycles. The monoisotopic (exact) mass is 435 g/mol. The SMILES string of the molecule is CC(C)(C)OC(=O)N(CCc1ccc(Sc2ccccc2O)cc1)Cc1ccccc1. The molecule has 1 amide bonds. The molecule has 0 aliphatic rings. The topological polar surface area (TPSA) is 49.8 Å². The van der Waals surface area contributed by atoms with Gasteiger partial charge < -0.3 is 14.7 Å². The van der Waals surface area contributed by atoms with Crippen molar-refractivity contribution in [2.45, 2.75) is 49.1 Å². The number of phenolic OH excluding ortho intramolecular Hbond substituents is 1. The number of para-hydroxylation sites is 1. The molecule has 4 nitrogen and oxygen atoms in total. The highest BCUT2D eigenvalue weighted by molar-refractivity contribution is 7.99. The Hall–Kier alpha value is -2.92. The van der Waals surface area contributed by atoms with E-state index in [-0.39, 0.29) is 11.8 Å². The van der Waals surface area contributed by atoms with Gasteiger partial charge >= 0.3 is 6.09 Å². The summed E-state index contributed by atoms with van der Waals surface area (Å²) in [4.78, 5) is 16.4. The number of rotatable bonds is 7. The lowest BCUT2D eigenvalue weighted by atomic mass is 10.1. The third-order valence-corrected chi connectivity index (χ3v) is 5.63. The lowest BCUT2D eigenvalue weighted by molar-refractivity contribution is 0.0236. The maximum absolute atomic E-state index is 12.8. The fourth-order valence-electron chi connectivity index (χ4n) is 3.02. The van der Waals surface area contributed by atoms with Crippen molar-refractivity contribution in [3.05, 3.63) is 90.0 Å². The van der Waals surface area contributed by atoms with Crippen LogP contribution >= 0.6 is 11.8 Å². The number of carbonyl (C=O) groups excluding carboxylic acids is 1. The number of ether oxygens (including phenoxy) is 1. The van der Waals surface area contributed by atoms with Crippen LogP contribution in [0, 0.1) is 0 Å². The molecule has 0 atom stereocenters. The second-order valence-electron chi connectivity index (χ2n) is 8.35. The van der Waals surface area contributed by atoms with E-state index in [1.165, 1.54) is 11.8 Å². The number of phenols is 1. The number of hydrogen-bond acceptors (Lipinski definition) is 4. The zero-order valence-corrected chi connectivity index (χ0v) is 19.1. The van der Waals surface area contributed by atoms with Gasteiger partial charge in [-0.1, -0.05) is 66.4 Å². The van der Waals surface area contributed by atoms with Gasteiger partial charge in [0.1, 0.15) is 11.4 Å². The molecule has 0 unspecified atom stereocenters. The molecule has 0 fully saturated rings. The molecule has 0 spiro atoms. The van der Waals surface area contributed by atoms with Crippen LogP contribution in [0.1, 0.15) is 31.9 Å². The van der Waals surface area contributed by atoms with Crippen LogP contribution in [0.25, 0.3) is 0 Å². The Morgan fingerprint density at radius 2 is 1.55 bits per heavy atom. The van der Waals surface area contributed by atoms with E-state index in [1.54, 1.807) is 11.0 Å². The molecular formula is C26H29NO3S. The smallest absolute Gasteiger partial charge is 0.410 e. The molecule has 0 bridgehead atoms. The van der Waals surface area contributed by atoms with Crippen LogP contribution in [0.2, 0.25) is 0 Å². The number of nitrogens with zero attached hydrogens (tertiary/aromatic N) is 1. The second-order valence-corrected chi connectivity index (χ2v) is 9.47. The minimum absolute atomic E-state index is 0.283. The zero-order valence-electron chi connectivity index (χ0n) is 18.2. The molecule has 1 N–H and O–H groups in total. The molecule has 0 aromatic heterocycles. The van der Waals surface area contributed by atoms with E-state index >= 15 is 0 Å². The standard InChI is InChI=1S/C26H29NO3S/c1-26(2,3)30-25(29)27(19-21-9-5-4-6-10-21)18-17-20-13-15-22(16-14-20)31-24-12-8-7-11-23(24)28/h4-16,28H,17-19H2,1-3H3. The maximum Gasteiger partial charge on any atom is 0.410 e. The summed E-state index contributed by atoms with van der Waals surface area (Å²) >= 11 is 1.53. The first-order valence-electron chi connectivity index (χ1n) is 10.4. The van der Waals surface area contributed by atoms with Crippen molar-refractivity contribution in [3.63, 3.8) is 0 Å². The van der Waals surface area contributed by atoms with Crippen molar-refractivity contribution in [1.82, 2.24) is 4.90 Å². The lowest BCUT2D eigenvalue weighted by Gasteiger charge is -2.27. The summed E-state index contributed by atoms with van der Waals surface area (Å²) in [6.45, 7) is 6.72. The highest BCUT2D eigenvalue weighted by atomic mass is 32.2. The lowest BCUT2D eigenvalue weighted by Crippen LogP contribution is -2.37. The Bertz CT molecular complexity index is 982. The first-order chi connectivity index (χ1) is 14.8. The molecule has 0 aliphatic heterocycles. The zero-order chi connectivity index (χ0) is 22.3. The van der Waals surface area contributed by atoms with Gasteiger partial charge in [0.05, 0.1) is 4.90 Å². The quantitative estimate of drug-likeness (QED) is 0.459. The van der Waals surface area contributed by atoms with Gasteiger partial charge in [-0.2, -0.15) is 0 Å². The van der Waals surface area contributed by atoms with Gasteiger partial charge in [0, 0.05) is 18.0 Å². The average Bonchev–Trinajstić information content (AvgIpc) is 2.73. The minimum atomic E-state index is -0.534. The minimum Gasteiger partial charge on any atom is -0.507 e. The molecule has 3 aromatic rings. The molecule has 0 saturated carbocycles. The largest absolute Gasteiger partial charge is 0.507 e. The third kappa shape index (κ3) is 7.37. The Labute approximate surface area is 188 Å². The van der Waals surface area contributed by atoms with E-state index in [2.05, 4.69) is 12.1 Å². The van der Waals surface area contributed by atoms with Gasteiger partial charge in [0.2, 0.25) is 0 Å². The van der Waals surface area contributed by atoms with E-state index in [9.17, 15) is 9.90 Å². The molecule has 0 aliphatic carbocycles. The Morgan fingerprint density at radius 1 is 0.903 bits per heavy atom. The van der Waals surface area contributed by atoms with Crippen LogP contribution in [-0.2, 0) is 17.7 Å². The second kappa shape index (κ2) is 10.4. The number of amides is 1. The van der Waals surface area contributed by atoms with E-state index in [0.29, 0.717) is 13.1 Å². The molecule has 0 radical (unpaired) electrons. The fourth-order valence-corrected chi connectivity index (χ4v) is 3.87. The normalized spacial score (nSPS) is 11.2. The number of carbonyl (C=O) groups is 1. The molecule has 3 rings (SSSR count). The molecule has 162 valence electrons. The Morgan fingerprint density at radius 3 is 2.19 bits per heavy atom. The van der Waals surface area contributed by atoms with Crippen LogP contribution in [0.5, 0.6) is 5.75 Å². The van der Waals surface area contributed by atoms with E-state index < -0.39 is 5.60 Å². The van der Waals surface area contributed by atoms with Crippen LogP contribution in [0.3, 0.4) is 0 Å². The van der Waals surface area contributed by atoms with Gasteiger partial charge in [0.25, 0.3) is 0 Å². The van der Waals surface area contributed by atoms with Crippen LogP contribution in [0.4, 0.5) is 4.79 Å². The van der Waals surface area contributed by atoms with Gasteiger partial charge in [-0.15, -0.1) is 0 Å².